The average Bonchev–Trinajstić information content (AvgIpc) is 2.83. The molecule has 0 bridgehead atoms. The monoisotopic (exact) mass is 258 g/mol. The average molecular weight is 258 g/mol. The number of nitrogens with two attached hydrogens (primary N) is 1. The first-order valence-electron chi connectivity index (χ1n) is 5.76. The molecule has 3 N–H and O–H groups in total. The first kappa shape index (κ1) is 12.5. The third-order valence-corrected chi connectivity index (χ3v) is 5.11. The van der Waals surface area contributed by atoms with Crippen molar-refractivity contribution in [1.29, 1.82) is 0 Å². The van der Waals surface area contributed by atoms with Crippen molar-refractivity contribution in [3.63, 3.8) is 0 Å². The standard InChI is InChI=1S/C10H18N4O2S/c1-8(11)9-3-2-4-14(7-9)17(15,16)10-5-12-13-6-10/h5-6,8-9H,2-4,7,11H2,1H3,(H,12,13). The van der Waals surface area contributed by atoms with Crippen molar-refractivity contribution < 1.29 is 8.42 Å². The second-order valence-corrected chi connectivity index (χ2v) is 6.50. The van der Waals surface area contributed by atoms with Crippen LogP contribution in [-0.4, -0.2) is 42.1 Å². The summed E-state index contributed by atoms with van der Waals surface area (Å²) in [6, 6.07) is 0.0253. The number of sulfonamides is 1. The minimum Gasteiger partial charge on any atom is -0.328 e. The van der Waals surface area contributed by atoms with Crippen molar-refractivity contribution >= 4 is 10.0 Å². The van der Waals surface area contributed by atoms with E-state index in [1.54, 1.807) is 0 Å². The van der Waals surface area contributed by atoms with E-state index in [1.165, 1.54) is 16.7 Å². The summed E-state index contributed by atoms with van der Waals surface area (Å²) in [7, 11) is -3.40. The molecule has 1 aliphatic heterocycles. The van der Waals surface area contributed by atoms with Gasteiger partial charge in [-0.05, 0) is 25.7 Å². The smallest absolute Gasteiger partial charge is 0.246 e. The fourth-order valence-corrected chi connectivity index (χ4v) is 3.59. The summed E-state index contributed by atoms with van der Waals surface area (Å²) in [4.78, 5) is 0.225. The number of nitrogens with zero attached hydrogens (tertiary/aromatic N) is 2. The van der Waals surface area contributed by atoms with Crippen LogP contribution in [0.25, 0.3) is 0 Å². The Morgan fingerprint density at radius 2 is 2.41 bits per heavy atom. The molecule has 0 aliphatic carbocycles. The van der Waals surface area contributed by atoms with Crippen molar-refractivity contribution in [2.24, 2.45) is 11.7 Å². The second-order valence-electron chi connectivity index (χ2n) is 4.56. The summed E-state index contributed by atoms with van der Waals surface area (Å²) in [6.07, 6.45) is 4.61. The molecule has 17 heavy (non-hydrogen) atoms. The molecule has 1 saturated heterocycles. The lowest BCUT2D eigenvalue weighted by atomic mass is 9.93. The molecule has 7 heteroatoms. The first-order chi connectivity index (χ1) is 8.01. The van der Waals surface area contributed by atoms with E-state index in [4.69, 9.17) is 5.73 Å². The molecule has 2 unspecified atom stereocenters. The Morgan fingerprint density at radius 1 is 1.65 bits per heavy atom. The largest absolute Gasteiger partial charge is 0.328 e. The molecule has 0 saturated carbocycles. The highest BCUT2D eigenvalue weighted by Crippen LogP contribution is 2.24. The molecular weight excluding hydrogens is 240 g/mol. The maximum atomic E-state index is 12.2. The van der Waals surface area contributed by atoms with Gasteiger partial charge in [-0.1, -0.05) is 0 Å². The number of piperidine rings is 1. The van der Waals surface area contributed by atoms with Gasteiger partial charge in [0.1, 0.15) is 4.90 Å². The van der Waals surface area contributed by atoms with Crippen LogP contribution in [0.4, 0.5) is 0 Å². The molecule has 0 radical (unpaired) electrons. The SMILES string of the molecule is CC(N)C1CCCN(S(=O)(=O)c2cn[nH]c2)C1. The quantitative estimate of drug-likeness (QED) is 0.807. The third-order valence-electron chi connectivity index (χ3n) is 3.28. The van der Waals surface area contributed by atoms with Crippen LogP contribution >= 0.6 is 0 Å². The molecule has 96 valence electrons. The fourth-order valence-electron chi connectivity index (χ4n) is 2.15. The van der Waals surface area contributed by atoms with Crippen LogP contribution < -0.4 is 5.73 Å². The van der Waals surface area contributed by atoms with Gasteiger partial charge in [-0.25, -0.2) is 8.42 Å². The number of rotatable bonds is 3. The summed E-state index contributed by atoms with van der Waals surface area (Å²) in [5, 5.41) is 6.21. The van der Waals surface area contributed by atoms with Gasteiger partial charge < -0.3 is 5.73 Å². The van der Waals surface area contributed by atoms with Crippen molar-refractivity contribution in [3.05, 3.63) is 12.4 Å². The number of aromatic nitrogens is 2. The van der Waals surface area contributed by atoms with Crippen LogP contribution in [-0.2, 0) is 10.0 Å². The van der Waals surface area contributed by atoms with Gasteiger partial charge in [0.2, 0.25) is 10.0 Å². The lowest BCUT2D eigenvalue weighted by Gasteiger charge is -2.33. The molecule has 2 heterocycles. The van der Waals surface area contributed by atoms with E-state index in [9.17, 15) is 8.42 Å². The lowest BCUT2D eigenvalue weighted by Crippen LogP contribution is -2.44. The van der Waals surface area contributed by atoms with E-state index in [1.807, 2.05) is 6.92 Å². The number of nitrogens with one attached hydrogen (secondary N) is 1. The minimum absolute atomic E-state index is 0.0253. The van der Waals surface area contributed by atoms with Gasteiger partial charge in [0.25, 0.3) is 0 Å². The zero-order chi connectivity index (χ0) is 12.5. The maximum Gasteiger partial charge on any atom is 0.246 e. The Morgan fingerprint density at radius 3 is 3.00 bits per heavy atom. The van der Waals surface area contributed by atoms with Crippen LogP contribution in [0.1, 0.15) is 19.8 Å². The van der Waals surface area contributed by atoms with Gasteiger partial charge >= 0.3 is 0 Å². The van der Waals surface area contributed by atoms with Gasteiger partial charge in [-0.15, -0.1) is 0 Å². The summed E-state index contributed by atoms with van der Waals surface area (Å²) >= 11 is 0. The highest BCUT2D eigenvalue weighted by Gasteiger charge is 2.31. The third kappa shape index (κ3) is 2.51. The fraction of sp³-hybridized carbons (Fsp3) is 0.700. The highest BCUT2D eigenvalue weighted by atomic mass is 32.2. The van der Waals surface area contributed by atoms with E-state index in [0.717, 1.165) is 12.8 Å². The van der Waals surface area contributed by atoms with Crippen molar-refractivity contribution in [2.75, 3.05) is 13.1 Å². The van der Waals surface area contributed by atoms with E-state index in [2.05, 4.69) is 10.2 Å². The molecule has 2 atom stereocenters. The molecule has 0 spiro atoms. The predicted octanol–water partition coefficient (Wildman–Crippen LogP) is 0.158. The topological polar surface area (TPSA) is 92.1 Å². The number of hydrogen-bond donors (Lipinski definition) is 2. The Kier molecular flexibility index (Phi) is 3.50. The molecule has 0 amide bonds. The number of aromatic amines is 1. The molecule has 2 rings (SSSR count). The van der Waals surface area contributed by atoms with Crippen LogP contribution in [0.2, 0.25) is 0 Å². The zero-order valence-corrected chi connectivity index (χ0v) is 10.7. The summed E-state index contributed by atoms with van der Waals surface area (Å²) < 4.78 is 26.0. The highest BCUT2D eigenvalue weighted by molar-refractivity contribution is 7.89. The minimum atomic E-state index is -3.40. The molecule has 1 aliphatic rings. The van der Waals surface area contributed by atoms with Crippen molar-refractivity contribution in [2.45, 2.75) is 30.7 Å². The Hall–Kier alpha value is -0.920. The lowest BCUT2D eigenvalue weighted by molar-refractivity contribution is 0.243. The van der Waals surface area contributed by atoms with Gasteiger partial charge in [0.05, 0.1) is 6.20 Å². The van der Waals surface area contributed by atoms with Gasteiger partial charge in [-0.3, -0.25) is 5.10 Å². The molecule has 1 fully saturated rings. The van der Waals surface area contributed by atoms with Crippen LogP contribution in [0, 0.1) is 5.92 Å². The summed E-state index contributed by atoms with van der Waals surface area (Å²) in [6.45, 7) is 3.00. The van der Waals surface area contributed by atoms with Crippen molar-refractivity contribution in [1.82, 2.24) is 14.5 Å². The van der Waals surface area contributed by atoms with Crippen LogP contribution in [0.3, 0.4) is 0 Å². The van der Waals surface area contributed by atoms with Gasteiger partial charge in [0, 0.05) is 25.3 Å². The zero-order valence-electron chi connectivity index (χ0n) is 9.83. The van der Waals surface area contributed by atoms with E-state index < -0.39 is 10.0 Å². The van der Waals surface area contributed by atoms with E-state index in [0.29, 0.717) is 13.1 Å². The molecule has 6 nitrogen and oxygen atoms in total. The number of H-pyrrole nitrogens is 1. The molecule has 1 aromatic rings. The second kappa shape index (κ2) is 4.75. The normalized spacial score (nSPS) is 24.7. The summed E-state index contributed by atoms with van der Waals surface area (Å²) in [5.74, 6) is 0.241. The summed E-state index contributed by atoms with van der Waals surface area (Å²) in [5.41, 5.74) is 5.85. The maximum absolute atomic E-state index is 12.2. The van der Waals surface area contributed by atoms with E-state index in [-0.39, 0.29) is 16.9 Å². The number of hydrogen-bond acceptors (Lipinski definition) is 4. The first-order valence-corrected chi connectivity index (χ1v) is 7.20. The molecule has 1 aromatic heterocycles. The van der Waals surface area contributed by atoms with Crippen molar-refractivity contribution in [3.8, 4) is 0 Å². The Bertz CT molecular complexity index is 455. The van der Waals surface area contributed by atoms with Crippen LogP contribution in [0.5, 0.6) is 0 Å². The van der Waals surface area contributed by atoms with Gasteiger partial charge in [0.15, 0.2) is 0 Å². The predicted molar refractivity (Wildman–Crippen MR) is 63.7 cm³/mol. The Balaban J connectivity index is 2.17. The van der Waals surface area contributed by atoms with Gasteiger partial charge in [-0.2, -0.15) is 9.40 Å². The molecule has 0 aromatic carbocycles. The molecular formula is C10H18N4O2S. The van der Waals surface area contributed by atoms with E-state index >= 15 is 0 Å². The van der Waals surface area contributed by atoms with Crippen LogP contribution in [0.15, 0.2) is 17.3 Å². The Labute approximate surface area is 101 Å².